The molecule has 1 N–H and O–H groups in total. The number of ether oxygens (including phenoxy) is 2. The third kappa shape index (κ3) is 5.16. The summed E-state index contributed by atoms with van der Waals surface area (Å²) in [4.78, 5) is 51.4. The molecule has 0 aliphatic carbocycles. The lowest BCUT2D eigenvalue weighted by molar-refractivity contribution is -0.143. The number of methoxy groups -OCH3 is 1. The van der Waals surface area contributed by atoms with Crippen molar-refractivity contribution in [1.29, 1.82) is 5.26 Å². The summed E-state index contributed by atoms with van der Waals surface area (Å²) >= 11 is 0. The molecule has 0 saturated carbocycles. The Hall–Kier alpha value is -4.08. The van der Waals surface area contributed by atoms with Gasteiger partial charge in [-0.2, -0.15) is 5.26 Å². The first-order valence-corrected chi connectivity index (χ1v) is 12.6. The van der Waals surface area contributed by atoms with E-state index in [2.05, 4.69) is 26.3 Å². The van der Waals surface area contributed by atoms with E-state index in [4.69, 9.17) is 9.47 Å². The van der Waals surface area contributed by atoms with Crippen molar-refractivity contribution >= 4 is 35.5 Å². The molecule has 2 aromatic rings. The molecule has 3 aliphatic heterocycles. The molecule has 0 aromatic carbocycles. The van der Waals surface area contributed by atoms with Gasteiger partial charge < -0.3 is 19.3 Å². The van der Waals surface area contributed by atoms with E-state index < -0.39 is 6.03 Å². The largest absolute Gasteiger partial charge is 0.380 e. The van der Waals surface area contributed by atoms with E-state index in [1.165, 1.54) is 11.1 Å². The molecule has 12 heteroatoms. The van der Waals surface area contributed by atoms with Gasteiger partial charge in [0.1, 0.15) is 30.0 Å². The van der Waals surface area contributed by atoms with Gasteiger partial charge in [0.25, 0.3) is 0 Å². The second-order valence-electron chi connectivity index (χ2n) is 9.48. The molecule has 2 aromatic heterocycles. The first-order valence-electron chi connectivity index (χ1n) is 12.6. The van der Waals surface area contributed by atoms with Crippen molar-refractivity contribution in [1.82, 2.24) is 14.9 Å². The molecule has 0 spiro atoms. The van der Waals surface area contributed by atoms with E-state index in [9.17, 15) is 19.6 Å². The third-order valence-corrected chi connectivity index (χ3v) is 7.13. The Kier molecular flexibility index (Phi) is 7.48. The zero-order valence-corrected chi connectivity index (χ0v) is 21.2. The van der Waals surface area contributed by atoms with Crippen LogP contribution in [0, 0.1) is 11.3 Å². The quantitative estimate of drug-likeness (QED) is 0.565. The van der Waals surface area contributed by atoms with E-state index in [-0.39, 0.29) is 30.9 Å². The lowest BCUT2D eigenvalue weighted by Gasteiger charge is -2.31. The molecule has 12 nitrogen and oxygen atoms in total. The average Bonchev–Trinajstić information content (AvgIpc) is 3.43. The van der Waals surface area contributed by atoms with Gasteiger partial charge in [0, 0.05) is 57.7 Å². The highest BCUT2D eigenvalue weighted by Crippen LogP contribution is 2.30. The van der Waals surface area contributed by atoms with E-state index in [1.54, 1.807) is 18.1 Å². The number of hydrogen-bond acceptors (Lipinski definition) is 9. The number of nitrogens with one attached hydrogen (secondary N) is 1. The SMILES string of the molecule is CO[C@H]1CCN(c2cc(NC(=O)N3CCCc4cc(CN5CCOCC5=O)c(C=O)nc43)ncc2C#N)C1. The predicted octanol–water partition coefficient (Wildman–Crippen LogP) is 1.73. The number of amides is 3. The number of aldehydes is 1. The van der Waals surface area contributed by atoms with Gasteiger partial charge in [-0.05, 0) is 30.9 Å². The van der Waals surface area contributed by atoms with Crippen molar-refractivity contribution in [3.63, 3.8) is 0 Å². The van der Waals surface area contributed by atoms with Crippen LogP contribution in [0.4, 0.5) is 22.1 Å². The normalized spacial score (nSPS) is 19.2. The van der Waals surface area contributed by atoms with Crippen LogP contribution in [-0.2, 0) is 27.2 Å². The Morgan fingerprint density at radius 1 is 1.34 bits per heavy atom. The van der Waals surface area contributed by atoms with E-state index in [0.29, 0.717) is 67.4 Å². The number of rotatable bonds is 6. The summed E-state index contributed by atoms with van der Waals surface area (Å²) in [6.45, 7) is 3.01. The van der Waals surface area contributed by atoms with Crippen molar-refractivity contribution in [2.75, 3.05) is 61.6 Å². The fourth-order valence-electron chi connectivity index (χ4n) is 5.08. The van der Waals surface area contributed by atoms with Crippen LogP contribution in [-0.4, -0.2) is 85.7 Å². The van der Waals surface area contributed by atoms with Crippen molar-refractivity contribution in [3.05, 3.63) is 40.7 Å². The fraction of sp³-hybridized carbons (Fsp3) is 0.462. The molecule has 1 atom stereocenters. The summed E-state index contributed by atoms with van der Waals surface area (Å²) in [6.07, 6.45) is 4.46. The number of urea groups is 1. The fourth-order valence-corrected chi connectivity index (χ4v) is 5.08. The number of aryl methyl sites for hydroxylation is 1. The summed E-state index contributed by atoms with van der Waals surface area (Å²) in [5, 5.41) is 12.4. The number of morpholine rings is 1. The van der Waals surface area contributed by atoms with Crippen LogP contribution in [0.1, 0.15) is 40.0 Å². The second kappa shape index (κ2) is 11.1. The van der Waals surface area contributed by atoms with Gasteiger partial charge in [0.2, 0.25) is 5.91 Å². The minimum atomic E-state index is -0.425. The number of carbonyl (C=O) groups is 3. The van der Waals surface area contributed by atoms with Gasteiger partial charge in [0.15, 0.2) is 6.29 Å². The van der Waals surface area contributed by atoms with E-state index in [0.717, 1.165) is 24.9 Å². The molecule has 0 bridgehead atoms. The lowest BCUT2D eigenvalue weighted by Crippen LogP contribution is -2.42. The molecule has 5 rings (SSSR count). The third-order valence-electron chi connectivity index (χ3n) is 7.13. The number of pyridine rings is 2. The lowest BCUT2D eigenvalue weighted by atomic mass is 10.0. The number of fused-ring (bicyclic) bond motifs is 1. The Labute approximate surface area is 220 Å². The smallest absolute Gasteiger partial charge is 0.328 e. The first-order chi connectivity index (χ1) is 18.5. The number of aromatic nitrogens is 2. The summed E-state index contributed by atoms with van der Waals surface area (Å²) in [6, 6.07) is 5.31. The standard InChI is InChI=1S/C26H29N7O5/c1-37-20-4-6-31(14-20)22-10-23(28-12-19(22)11-27)30-26(36)33-5-2-3-17-9-18(21(15-34)29-25(17)33)13-32-7-8-38-16-24(32)35/h9-10,12,15,20H,2-8,13-14,16H2,1H3,(H,28,30,36)/t20-/m0/s1. The molecule has 198 valence electrons. The molecule has 0 radical (unpaired) electrons. The predicted molar refractivity (Wildman–Crippen MR) is 137 cm³/mol. The summed E-state index contributed by atoms with van der Waals surface area (Å²) in [5.74, 6) is 0.604. The number of nitrogens with zero attached hydrogens (tertiary/aromatic N) is 6. The molecular formula is C26H29N7O5. The molecule has 3 amide bonds. The summed E-state index contributed by atoms with van der Waals surface area (Å²) < 4.78 is 10.6. The molecule has 0 unspecified atom stereocenters. The van der Waals surface area contributed by atoms with E-state index in [1.807, 2.05) is 6.07 Å². The highest BCUT2D eigenvalue weighted by molar-refractivity contribution is 6.02. The average molecular weight is 520 g/mol. The highest BCUT2D eigenvalue weighted by atomic mass is 16.5. The summed E-state index contributed by atoms with van der Waals surface area (Å²) in [5.41, 5.74) is 2.80. The minimum Gasteiger partial charge on any atom is -0.380 e. The number of anilines is 3. The van der Waals surface area contributed by atoms with Crippen LogP contribution in [0.5, 0.6) is 0 Å². The maximum atomic E-state index is 13.3. The Morgan fingerprint density at radius 3 is 2.95 bits per heavy atom. The zero-order chi connectivity index (χ0) is 26.6. The van der Waals surface area contributed by atoms with Crippen LogP contribution >= 0.6 is 0 Å². The van der Waals surface area contributed by atoms with Crippen molar-refractivity contribution in [3.8, 4) is 6.07 Å². The van der Waals surface area contributed by atoms with E-state index >= 15 is 0 Å². The van der Waals surface area contributed by atoms with Crippen molar-refractivity contribution < 1.29 is 23.9 Å². The summed E-state index contributed by atoms with van der Waals surface area (Å²) in [7, 11) is 1.67. The second-order valence-corrected chi connectivity index (χ2v) is 9.48. The Morgan fingerprint density at radius 2 is 2.21 bits per heavy atom. The Balaban J connectivity index is 1.36. The topological polar surface area (TPSA) is 141 Å². The van der Waals surface area contributed by atoms with Gasteiger partial charge in [0.05, 0.1) is 24.0 Å². The Bertz CT molecular complexity index is 1290. The van der Waals surface area contributed by atoms with Gasteiger partial charge in [-0.3, -0.25) is 19.8 Å². The number of hydrogen-bond donors (Lipinski definition) is 1. The minimum absolute atomic E-state index is 0.0263. The molecule has 2 fully saturated rings. The first kappa shape index (κ1) is 25.6. The van der Waals surface area contributed by atoms with Crippen LogP contribution < -0.4 is 15.1 Å². The molecule has 2 saturated heterocycles. The van der Waals surface area contributed by atoms with Gasteiger partial charge in [-0.15, -0.1) is 0 Å². The van der Waals surface area contributed by atoms with Crippen molar-refractivity contribution in [2.24, 2.45) is 0 Å². The number of nitriles is 1. The molecule has 38 heavy (non-hydrogen) atoms. The van der Waals surface area contributed by atoms with Gasteiger partial charge in [-0.25, -0.2) is 14.8 Å². The van der Waals surface area contributed by atoms with Gasteiger partial charge >= 0.3 is 6.03 Å². The maximum absolute atomic E-state index is 13.3. The van der Waals surface area contributed by atoms with Crippen LogP contribution in [0.3, 0.4) is 0 Å². The zero-order valence-electron chi connectivity index (χ0n) is 21.2. The highest BCUT2D eigenvalue weighted by Gasteiger charge is 2.29. The van der Waals surface area contributed by atoms with Crippen LogP contribution in [0.15, 0.2) is 18.3 Å². The van der Waals surface area contributed by atoms with Crippen LogP contribution in [0.25, 0.3) is 0 Å². The monoisotopic (exact) mass is 519 g/mol. The van der Waals surface area contributed by atoms with Crippen molar-refractivity contribution in [2.45, 2.75) is 31.9 Å². The maximum Gasteiger partial charge on any atom is 0.328 e. The van der Waals surface area contributed by atoms with Gasteiger partial charge in [-0.1, -0.05) is 0 Å². The molecule has 3 aliphatic rings. The van der Waals surface area contributed by atoms with Crippen LogP contribution in [0.2, 0.25) is 0 Å². The molecular weight excluding hydrogens is 490 g/mol. The molecule has 5 heterocycles. The number of carbonyl (C=O) groups excluding carboxylic acids is 3.